The summed E-state index contributed by atoms with van der Waals surface area (Å²) >= 11 is 18.1. The largest absolute Gasteiger partial charge is 0.125 e. The van der Waals surface area contributed by atoms with E-state index in [1.165, 1.54) is 0 Å². The second kappa shape index (κ2) is 4.74. The molecule has 1 atom stereocenters. The first-order chi connectivity index (χ1) is 6.46. The van der Waals surface area contributed by atoms with Crippen molar-refractivity contribution in [2.24, 2.45) is 0 Å². The zero-order valence-corrected chi connectivity index (χ0v) is 10.5. The molecule has 0 aliphatic carbocycles. The van der Waals surface area contributed by atoms with Gasteiger partial charge in [-0.25, -0.2) is 0 Å². The number of aryl methyl sites for hydroxylation is 1. The van der Waals surface area contributed by atoms with E-state index in [0.29, 0.717) is 12.3 Å². The van der Waals surface area contributed by atoms with Crippen molar-refractivity contribution in [2.45, 2.75) is 25.1 Å². The Labute approximate surface area is 100 Å². The van der Waals surface area contributed by atoms with Gasteiger partial charge < -0.3 is 0 Å². The lowest BCUT2D eigenvalue weighted by Crippen LogP contribution is -2.22. The van der Waals surface area contributed by atoms with Gasteiger partial charge in [-0.15, -0.1) is 23.2 Å². The van der Waals surface area contributed by atoms with Crippen LogP contribution in [0.5, 0.6) is 0 Å². The van der Waals surface area contributed by atoms with Crippen molar-refractivity contribution in [3.8, 4) is 0 Å². The molecule has 0 spiro atoms. The Kier molecular flexibility index (Phi) is 4.12. The standard InChI is InChI=1S/C11H13Cl3/c1-8-4-3-5-10(13)9(8)6-11(2,14)7-12/h3-5H,6-7H2,1-2H3. The SMILES string of the molecule is Cc1cccc(Cl)c1CC(C)(Cl)CCl. The zero-order chi connectivity index (χ0) is 10.8. The van der Waals surface area contributed by atoms with Crippen LogP contribution >= 0.6 is 34.8 Å². The monoisotopic (exact) mass is 250 g/mol. The van der Waals surface area contributed by atoms with Gasteiger partial charge in [0, 0.05) is 10.9 Å². The fraction of sp³-hybridized carbons (Fsp3) is 0.455. The van der Waals surface area contributed by atoms with E-state index in [1.54, 1.807) is 0 Å². The van der Waals surface area contributed by atoms with Gasteiger partial charge in [-0.1, -0.05) is 23.7 Å². The minimum absolute atomic E-state index is 0.416. The van der Waals surface area contributed by atoms with Crippen LogP contribution in [0, 0.1) is 6.92 Å². The van der Waals surface area contributed by atoms with Crippen molar-refractivity contribution < 1.29 is 0 Å². The minimum atomic E-state index is -0.419. The van der Waals surface area contributed by atoms with Crippen molar-refractivity contribution >= 4 is 34.8 Å². The highest BCUT2D eigenvalue weighted by Crippen LogP contribution is 2.28. The zero-order valence-electron chi connectivity index (χ0n) is 8.28. The summed E-state index contributed by atoms with van der Waals surface area (Å²) in [6.07, 6.45) is 0.698. The number of hydrogen-bond donors (Lipinski definition) is 0. The molecule has 1 rings (SSSR count). The molecule has 0 amide bonds. The second-order valence-corrected chi connectivity index (χ2v) is 5.35. The van der Waals surface area contributed by atoms with Gasteiger partial charge in [-0.3, -0.25) is 0 Å². The summed E-state index contributed by atoms with van der Waals surface area (Å²) in [4.78, 5) is -0.419. The smallest absolute Gasteiger partial charge is 0.0594 e. The van der Waals surface area contributed by atoms with Crippen molar-refractivity contribution in [1.29, 1.82) is 0 Å². The molecule has 0 bridgehead atoms. The molecule has 0 aromatic heterocycles. The number of rotatable bonds is 3. The summed E-state index contributed by atoms with van der Waals surface area (Å²) < 4.78 is 0. The van der Waals surface area contributed by atoms with E-state index in [4.69, 9.17) is 34.8 Å². The van der Waals surface area contributed by atoms with Crippen LogP contribution in [0.15, 0.2) is 18.2 Å². The Morgan fingerprint density at radius 1 is 1.36 bits per heavy atom. The molecule has 14 heavy (non-hydrogen) atoms. The van der Waals surface area contributed by atoms with Crippen LogP contribution in [0.1, 0.15) is 18.1 Å². The number of alkyl halides is 2. The van der Waals surface area contributed by atoms with Gasteiger partial charge in [-0.05, 0) is 37.5 Å². The maximum Gasteiger partial charge on any atom is 0.0594 e. The van der Waals surface area contributed by atoms with Crippen LogP contribution in [0.4, 0.5) is 0 Å². The van der Waals surface area contributed by atoms with Crippen molar-refractivity contribution in [3.63, 3.8) is 0 Å². The Morgan fingerprint density at radius 3 is 2.50 bits per heavy atom. The average Bonchev–Trinajstić information content (AvgIpc) is 2.12. The van der Waals surface area contributed by atoms with Crippen molar-refractivity contribution in [2.75, 3.05) is 5.88 Å². The molecule has 0 aliphatic heterocycles. The predicted molar refractivity (Wildman–Crippen MR) is 64.9 cm³/mol. The molecular formula is C11H13Cl3. The quantitative estimate of drug-likeness (QED) is 0.697. The van der Waals surface area contributed by atoms with Crippen LogP contribution in [0.2, 0.25) is 5.02 Å². The molecule has 0 radical (unpaired) electrons. The lowest BCUT2D eigenvalue weighted by molar-refractivity contribution is 0.698. The Hall–Kier alpha value is 0.0900. The normalized spacial score (nSPS) is 15.2. The Balaban J connectivity index is 2.97. The van der Waals surface area contributed by atoms with E-state index in [2.05, 4.69) is 0 Å². The number of benzene rings is 1. The van der Waals surface area contributed by atoms with Crippen LogP contribution in [-0.4, -0.2) is 10.8 Å². The minimum Gasteiger partial charge on any atom is -0.125 e. The van der Waals surface area contributed by atoms with E-state index in [1.807, 2.05) is 32.0 Å². The predicted octanol–water partition coefficient (Wildman–Crippen LogP) is 4.43. The van der Waals surface area contributed by atoms with Crippen LogP contribution in [0.3, 0.4) is 0 Å². The fourth-order valence-electron chi connectivity index (χ4n) is 1.31. The first-order valence-corrected chi connectivity index (χ1v) is 5.74. The molecule has 0 saturated carbocycles. The molecule has 0 aliphatic rings. The van der Waals surface area contributed by atoms with Gasteiger partial charge in [0.1, 0.15) is 0 Å². The highest BCUT2D eigenvalue weighted by atomic mass is 35.5. The van der Waals surface area contributed by atoms with Crippen LogP contribution < -0.4 is 0 Å². The molecule has 0 fully saturated rings. The summed E-state index contributed by atoms with van der Waals surface area (Å²) in [6.45, 7) is 3.95. The van der Waals surface area contributed by atoms with Gasteiger partial charge in [0.15, 0.2) is 0 Å². The molecule has 0 heterocycles. The molecular weight excluding hydrogens is 238 g/mol. The van der Waals surface area contributed by atoms with Crippen LogP contribution in [-0.2, 0) is 6.42 Å². The number of halogens is 3. The summed E-state index contributed by atoms with van der Waals surface area (Å²) in [6, 6.07) is 5.85. The van der Waals surface area contributed by atoms with Gasteiger partial charge in [0.2, 0.25) is 0 Å². The Morgan fingerprint density at radius 2 is 2.00 bits per heavy atom. The summed E-state index contributed by atoms with van der Waals surface area (Å²) in [5, 5.41) is 0.766. The molecule has 0 N–H and O–H groups in total. The summed E-state index contributed by atoms with van der Waals surface area (Å²) in [5.41, 5.74) is 2.25. The highest BCUT2D eigenvalue weighted by molar-refractivity contribution is 6.32. The van der Waals surface area contributed by atoms with Gasteiger partial charge in [0.05, 0.1) is 4.87 Å². The Bertz CT molecular complexity index is 298. The maximum atomic E-state index is 6.21. The van der Waals surface area contributed by atoms with Gasteiger partial charge >= 0.3 is 0 Å². The second-order valence-electron chi connectivity index (χ2n) is 3.76. The van der Waals surface area contributed by atoms with Gasteiger partial charge in [0.25, 0.3) is 0 Å². The first kappa shape index (κ1) is 12.2. The first-order valence-electron chi connectivity index (χ1n) is 4.45. The lowest BCUT2D eigenvalue weighted by atomic mass is 9.98. The molecule has 1 aromatic carbocycles. The van der Waals surface area contributed by atoms with E-state index in [9.17, 15) is 0 Å². The van der Waals surface area contributed by atoms with E-state index in [0.717, 1.165) is 16.1 Å². The highest BCUT2D eigenvalue weighted by Gasteiger charge is 2.22. The van der Waals surface area contributed by atoms with E-state index in [-0.39, 0.29) is 0 Å². The van der Waals surface area contributed by atoms with Crippen molar-refractivity contribution in [1.82, 2.24) is 0 Å². The molecule has 3 heteroatoms. The topological polar surface area (TPSA) is 0 Å². The molecule has 0 saturated heterocycles. The number of hydrogen-bond acceptors (Lipinski definition) is 0. The molecule has 78 valence electrons. The van der Waals surface area contributed by atoms with Crippen molar-refractivity contribution in [3.05, 3.63) is 34.3 Å². The molecule has 1 unspecified atom stereocenters. The third kappa shape index (κ3) is 3.05. The summed E-state index contributed by atoms with van der Waals surface area (Å²) in [5.74, 6) is 0.416. The van der Waals surface area contributed by atoms with E-state index >= 15 is 0 Å². The summed E-state index contributed by atoms with van der Waals surface area (Å²) in [7, 11) is 0. The van der Waals surface area contributed by atoms with Crippen LogP contribution in [0.25, 0.3) is 0 Å². The molecule has 0 nitrogen and oxygen atoms in total. The molecule has 1 aromatic rings. The third-order valence-electron chi connectivity index (χ3n) is 2.18. The third-order valence-corrected chi connectivity index (χ3v) is 3.53. The maximum absolute atomic E-state index is 6.21. The fourth-order valence-corrected chi connectivity index (χ4v) is 1.82. The van der Waals surface area contributed by atoms with E-state index < -0.39 is 4.87 Å². The average molecular weight is 252 g/mol. The lowest BCUT2D eigenvalue weighted by Gasteiger charge is -2.20. The van der Waals surface area contributed by atoms with Gasteiger partial charge in [-0.2, -0.15) is 0 Å².